The molecule has 18 heavy (non-hydrogen) atoms. The van der Waals surface area contributed by atoms with E-state index in [9.17, 15) is 14.6 Å². The molecule has 1 unspecified atom stereocenters. The third kappa shape index (κ3) is 5.15. The second kappa shape index (κ2) is 6.16. The van der Waals surface area contributed by atoms with Crippen LogP contribution in [0.15, 0.2) is 0 Å². The molecule has 1 heterocycles. The average Bonchev–Trinajstić information content (AvgIpc) is 2.39. The first-order valence-electron chi connectivity index (χ1n) is 4.85. The Bertz CT molecular complexity index is 388. The summed E-state index contributed by atoms with van der Waals surface area (Å²) in [6.45, 7) is 1.37. The van der Waals surface area contributed by atoms with E-state index in [1.807, 2.05) is 15.1 Å². The van der Waals surface area contributed by atoms with E-state index < -0.39 is 32.2 Å². The normalized spacial score (nSPS) is 36.5. The molecule has 1 aliphatic rings. The van der Waals surface area contributed by atoms with E-state index in [2.05, 4.69) is 4.31 Å². The predicted octanol–water partition coefficient (Wildman–Crippen LogP) is -1.16. The molecule has 12 heteroatoms. The van der Waals surface area contributed by atoms with Gasteiger partial charge in [0.1, 0.15) is 0 Å². The first kappa shape index (κ1) is 17.0. The Labute approximate surface area is 113 Å². The summed E-state index contributed by atoms with van der Waals surface area (Å²) >= 11 is 2.03. The van der Waals surface area contributed by atoms with Gasteiger partial charge >= 0.3 is 113 Å². The molecule has 0 spiro atoms. The molecule has 0 amide bonds. The number of aliphatic hydroxyl groups is 1. The molecule has 0 aromatic rings. The van der Waals surface area contributed by atoms with Crippen LogP contribution in [0.1, 0.15) is 6.92 Å². The Morgan fingerprint density at radius 3 is 2.39 bits per heavy atom. The van der Waals surface area contributed by atoms with E-state index in [0.717, 1.165) is 0 Å². The molecule has 0 aliphatic carbocycles. The van der Waals surface area contributed by atoms with Gasteiger partial charge in [0.25, 0.3) is 0 Å². The van der Waals surface area contributed by atoms with Crippen LogP contribution >= 0.6 is 14.0 Å². The molecule has 0 aromatic heterocycles. The molecule has 1 fully saturated rings. The van der Waals surface area contributed by atoms with Crippen molar-refractivity contribution in [3.63, 3.8) is 0 Å². The van der Waals surface area contributed by atoms with Crippen molar-refractivity contribution in [1.82, 2.24) is 0 Å². The first-order chi connectivity index (χ1) is 8.02. The van der Waals surface area contributed by atoms with Gasteiger partial charge in [-0.05, 0) is 0 Å². The number of hydrogen-bond donors (Lipinski definition) is 4. The van der Waals surface area contributed by atoms with Gasteiger partial charge in [0.2, 0.25) is 0 Å². The topological polar surface area (TPSA) is 126 Å². The summed E-state index contributed by atoms with van der Waals surface area (Å²) in [6, 6.07) is -0.663. The molecular formula is C6H13BO8P2Se. The monoisotopic (exact) mass is 366 g/mol. The Morgan fingerprint density at radius 1 is 1.44 bits per heavy atom. The Morgan fingerprint density at radius 2 is 2.00 bits per heavy atom. The van der Waals surface area contributed by atoms with E-state index in [-0.39, 0.29) is 12.5 Å². The van der Waals surface area contributed by atoms with Crippen molar-refractivity contribution >= 4 is 37.0 Å². The van der Waals surface area contributed by atoms with Gasteiger partial charge in [-0.15, -0.1) is 0 Å². The standard InChI is InChI=1S/C6H13BO8P2Se/c1-3-5(8)4(14-6(3)7)2-13-17(12,18)15-16(9,10)11/h3-6,8H,2H2,1H3,(H,12,18)(H2,9,10,11)/t3-,4-,5+,6-,17?/m1/s1. The molecule has 2 radical (unpaired) electrons. The molecular weight excluding hydrogens is 352 g/mol. The summed E-state index contributed by atoms with van der Waals surface area (Å²) in [4.78, 5) is 26.6. The van der Waals surface area contributed by atoms with Gasteiger partial charge in [0.15, 0.2) is 0 Å². The third-order valence-electron chi connectivity index (χ3n) is 2.38. The number of hydrogen-bond acceptors (Lipinski definition) is 6. The molecule has 1 rings (SSSR count). The van der Waals surface area contributed by atoms with Crippen molar-refractivity contribution in [3.05, 3.63) is 0 Å². The molecule has 0 aromatic carbocycles. The van der Waals surface area contributed by atoms with Gasteiger partial charge in [-0.3, -0.25) is 0 Å². The van der Waals surface area contributed by atoms with Crippen LogP contribution in [-0.4, -0.2) is 67.5 Å². The van der Waals surface area contributed by atoms with Crippen LogP contribution in [0.4, 0.5) is 0 Å². The van der Waals surface area contributed by atoms with Gasteiger partial charge < -0.3 is 0 Å². The zero-order valence-corrected chi connectivity index (χ0v) is 12.8. The van der Waals surface area contributed by atoms with Crippen LogP contribution in [-0.2, 0) is 18.1 Å². The fraction of sp³-hybridized carbons (Fsp3) is 1.00. The van der Waals surface area contributed by atoms with E-state index in [1.165, 1.54) is 0 Å². The second-order valence-electron chi connectivity index (χ2n) is 3.83. The predicted molar refractivity (Wildman–Crippen MR) is 63.6 cm³/mol. The second-order valence-corrected chi connectivity index (χ2v) is 9.56. The number of ether oxygens (including phenoxy) is 1. The third-order valence-corrected chi connectivity index (χ3v) is 6.46. The summed E-state index contributed by atoms with van der Waals surface area (Å²) < 4.78 is 24.6. The molecule has 104 valence electrons. The van der Waals surface area contributed by atoms with Crippen LogP contribution < -0.4 is 0 Å². The van der Waals surface area contributed by atoms with Crippen LogP contribution in [0.5, 0.6) is 0 Å². The molecule has 8 nitrogen and oxygen atoms in total. The van der Waals surface area contributed by atoms with Gasteiger partial charge in [-0.1, -0.05) is 0 Å². The molecule has 1 aliphatic heterocycles. The zero-order chi connectivity index (χ0) is 14.1. The van der Waals surface area contributed by atoms with Gasteiger partial charge in [-0.2, -0.15) is 0 Å². The summed E-state index contributed by atoms with van der Waals surface area (Å²) in [6.07, 6.45) is -5.49. The van der Waals surface area contributed by atoms with Crippen LogP contribution in [0.2, 0.25) is 0 Å². The maximum atomic E-state index is 10.6. The van der Waals surface area contributed by atoms with Crippen LogP contribution in [0.25, 0.3) is 0 Å². The van der Waals surface area contributed by atoms with Crippen molar-refractivity contribution in [2.75, 3.05) is 6.61 Å². The molecule has 1 saturated heterocycles. The Balaban J connectivity index is 2.51. The van der Waals surface area contributed by atoms with Crippen molar-refractivity contribution in [1.29, 1.82) is 0 Å². The summed E-state index contributed by atoms with van der Waals surface area (Å²) in [7, 11) is 0.672. The summed E-state index contributed by atoms with van der Waals surface area (Å²) in [5.41, 5.74) is 0. The van der Waals surface area contributed by atoms with Crippen molar-refractivity contribution in [2.45, 2.75) is 25.1 Å². The first-order valence-corrected chi connectivity index (χ1v) is 10.2. The van der Waals surface area contributed by atoms with Crippen molar-refractivity contribution in [3.8, 4) is 0 Å². The van der Waals surface area contributed by atoms with Gasteiger partial charge in [-0.25, -0.2) is 0 Å². The van der Waals surface area contributed by atoms with E-state index in [4.69, 9.17) is 26.9 Å². The molecule has 4 N–H and O–H groups in total. The molecule has 5 atom stereocenters. The molecule has 0 saturated carbocycles. The minimum atomic E-state index is -4.87. The van der Waals surface area contributed by atoms with Gasteiger partial charge in [0.05, 0.1) is 0 Å². The molecule has 0 bridgehead atoms. The Kier molecular flexibility index (Phi) is 5.83. The Hall–Kier alpha value is 0.964. The zero-order valence-electron chi connectivity index (χ0n) is 9.32. The fourth-order valence-electron chi connectivity index (χ4n) is 1.40. The average molecular weight is 365 g/mol. The SMILES string of the molecule is [B][C@@H]1O[C@H](COP(O)(=[Se])OP(=O)(O)O)[C@@H](O)[C@H]1C. The quantitative estimate of drug-likeness (QED) is 0.355. The van der Waals surface area contributed by atoms with E-state index >= 15 is 0 Å². The van der Waals surface area contributed by atoms with E-state index in [1.54, 1.807) is 6.92 Å². The summed E-state index contributed by atoms with van der Waals surface area (Å²) in [5, 5.41) is 9.70. The summed E-state index contributed by atoms with van der Waals surface area (Å²) in [5.74, 6) is -0.312. The van der Waals surface area contributed by atoms with Gasteiger partial charge in [0, 0.05) is 0 Å². The minimum absolute atomic E-state index is 0.309. The van der Waals surface area contributed by atoms with Crippen molar-refractivity contribution in [2.24, 2.45) is 5.92 Å². The van der Waals surface area contributed by atoms with Crippen LogP contribution in [0.3, 0.4) is 0 Å². The number of aliphatic hydroxyl groups excluding tert-OH is 1. The fourth-order valence-corrected chi connectivity index (χ4v) is 5.02. The van der Waals surface area contributed by atoms with Crippen molar-refractivity contribution < 1.29 is 37.9 Å². The van der Waals surface area contributed by atoms with Crippen LogP contribution in [0, 0.1) is 5.92 Å². The maximum absolute atomic E-state index is 10.6. The number of rotatable bonds is 5. The van der Waals surface area contributed by atoms with E-state index in [0.29, 0.717) is 0 Å². The number of phosphoric acid groups is 1.